The molecule has 25 heavy (non-hydrogen) atoms. The van der Waals surface area contributed by atoms with Crippen molar-refractivity contribution in [3.8, 4) is 0 Å². The Balaban J connectivity index is 1.79. The summed E-state index contributed by atoms with van der Waals surface area (Å²) >= 11 is 0. The van der Waals surface area contributed by atoms with Crippen LogP contribution in [0.3, 0.4) is 0 Å². The third kappa shape index (κ3) is 3.57. The summed E-state index contributed by atoms with van der Waals surface area (Å²) < 4.78 is 44.6. The normalized spacial score (nSPS) is 10.6. The maximum atomic E-state index is 13.6. The molecule has 0 saturated heterocycles. The van der Waals surface area contributed by atoms with Gasteiger partial charge in [-0.1, -0.05) is 5.16 Å². The Morgan fingerprint density at radius 1 is 1.16 bits per heavy atom. The second-order valence-corrected chi connectivity index (χ2v) is 4.89. The van der Waals surface area contributed by atoms with Gasteiger partial charge in [-0.3, -0.25) is 4.79 Å². The summed E-state index contributed by atoms with van der Waals surface area (Å²) in [6.07, 6.45) is 1.29. The maximum Gasteiger partial charge on any atom is 0.274 e. The van der Waals surface area contributed by atoms with Gasteiger partial charge in [0.1, 0.15) is 11.5 Å². The monoisotopic (exact) mass is 349 g/mol. The lowest BCUT2D eigenvalue weighted by molar-refractivity contribution is 0.102. The Morgan fingerprint density at radius 2 is 1.96 bits per heavy atom. The highest BCUT2D eigenvalue weighted by Gasteiger charge is 2.17. The summed E-state index contributed by atoms with van der Waals surface area (Å²) in [4.78, 5) is 20.0. The Kier molecular flexibility index (Phi) is 4.33. The summed E-state index contributed by atoms with van der Waals surface area (Å²) in [5.41, 5.74) is -0.633. The van der Waals surface area contributed by atoms with Gasteiger partial charge in [0.2, 0.25) is 5.95 Å². The first-order valence-electron chi connectivity index (χ1n) is 6.92. The van der Waals surface area contributed by atoms with Crippen LogP contribution in [-0.2, 0) is 0 Å². The van der Waals surface area contributed by atoms with E-state index in [1.807, 2.05) is 0 Å². The predicted molar refractivity (Wildman–Crippen MR) is 80.8 cm³/mol. The predicted octanol–water partition coefficient (Wildman–Crippen LogP) is 3.19. The van der Waals surface area contributed by atoms with Crippen molar-refractivity contribution in [2.75, 3.05) is 10.6 Å². The van der Waals surface area contributed by atoms with Crippen LogP contribution >= 0.6 is 0 Å². The van der Waals surface area contributed by atoms with Crippen molar-refractivity contribution in [1.29, 1.82) is 0 Å². The van der Waals surface area contributed by atoms with Gasteiger partial charge in [0.25, 0.3) is 5.91 Å². The van der Waals surface area contributed by atoms with Gasteiger partial charge in [0.15, 0.2) is 23.3 Å². The fraction of sp³-hybridized carbons (Fsp3) is 0.0667. The van der Waals surface area contributed by atoms with Crippen molar-refractivity contribution in [3.63, 3.8) is 0 Å². The summed E-state index contributed by atoms with van der Waals surface area (Å²) in [6, 6.07) is 4.47. The number of carbonyl (C=O) groups is 1. The number of anilines is 3. The molecule has 3 aromatic rings. The lowest BCUT2D eigenvalue weighted by Gasteiger charge is -2.07. The lowest BCUT2D eigenvalue weighted by Crippen LogP contribution is -2.16. The van der Waals surface area contributed by atoms with Gasteiger partial charge in [-0.25, -0.2) is 23.1 Å². The molecule has 0 fully saturated rings. The van der Waals surface area contributed by atoms with Gasteiger partial charge >= 0.3 is 0 Å². The molecule has 2 aromatic heterocycles. The second-order valence-electron chi connectivity index (χ2n) is 4.89. The zero-order chi connectivity index (χ0) is 18.0. The average molecular weight is 349 g/mol. The van der Waals surface area contributed by atoms with Crippen molar-refractivity contribution in [1.82, 2.24) is 15.1 Å². The zero-order valence-corrected chi connectivity index (χ0v) is 12.7. The van der Waals surface area contributed by atoms with E-state index >= 15 is 0 Å². The molecule has 7 nitrogen and oxygen atoms in total. The van der Waals surface area contributed by atoms with Crippen LogP contribution in [0.1, 0.15) is 16.2 Å². The van der Waals surface area contributed by atoms with E-state index in [-0.39, 0.29) is 11.6 Å². The molecule has 0 aliphatic carbocycles. The number of nitrogens with zero attached hydrogens (tertiary/aromatic N) is 3. The molecule has 3 rings (SSSR count). The Labute approximate surface area is 138 Å². The van der Waals surface area contributed by atoms with Gasteiger partial charge in [-0.05, 0) is 25.1 Å². The average Bonchev–Trinajstić information content (AvgIpc) is 3.00. The van der Waals surface area contributed by atoms with Crippen molar-refractivity contribution in [3.05, 3.63) is 59.4 Å². The molecule has 1 amide bonds. The molecule has 0 spiro atoms. The molecule has 1 aromatic carbocycles. The van der Waals surface area contributed by atoms with Gasteiger partial charge in [-0.2, -0.15) is 0 Å². The van der Waals surface area contributed by atoms with Crippen LogP contribution in [0.4, 0.5) is 30.6 Å². The van der Waals surface area contributed by atoms with E-state index in [9.17, 15) is 18.0 Å². The molecule has 2 heterocycles. The van der Waals surface area contributed by atoms with Gasteiger partial charge in [0.05, 0.1) is 5.69 Å². The van der Waals surface area contributed by atoms with Crippen LogP contribution in [0.5, 0.6) is 0 Å². The van der Waals surface area contributed by atoms with Crippen molar-refractivity contribution < 1.29 is 22.5 Å². The number of aromatic nitrogens is 3. The van der Waals surface area contributed by atoms with E-state index in [1.54, 1.807) is 13.0 Å². The minimum absolute atomic E-state index is 0.0479. The van der Waals surface area contributed by atoms with Crippen LogP contribution in [0, 0.1) is 24.4 Å². The molecule has 0 bridgehead atoms. The number of amides is 1. The summed E-state index contributed by atoms with van der Waals surface area (Å²) in [7, 11) is 0. The highest BCUT2D eigenvalue weighted by atomic mass is 19.2. The third-order valence-electron chi connectivity index (χ3n) is 3.04. The molecule has 128 valence electrons. The number of rotatable bonds is 4. The van der Waals surface area contributed by atoms with Crippen molar-refractivity contribution in [2.24, 2.45) is 0 Å². The Morgan fingerprint density at radius 3 is 2.68 bits per heavy atom. The Hall–Kier alpha value is -3.43. The van der Waals surface area contributed by atoms with E-state index in [1.165, 1.54) is 12.3 Å². The van der Waals surface area contributed by atoms with Crippen LogP contribution in [0.2, 0.25) is 0 Å². The molecule has 0 aliphatic rings. The molecule has 0 aliphatic heterocycles. The molecular weight excluding hydrogens is 339 g/mol. The lowest BCUT2D eigenvalue weighted by atomic mass is 10.2. The van der Waals surface area contributed by atoms with E-state index in [0.717, 1.165) is 6.07 Å². The SMILES string of the molecule is Cc1cc(Nc2nccc(C(=O)Nc3ccc(F)c(F)c3F)n2)no1. The molecular formula is C15H10F3N5O2. The van der Waals surface area contributed by atoms with E-state index < -0.39 is 29.0 Å². The number of carbonyl (C=O) groups excluding carboxylic acids is 1. The van der Waals surface area contributed by atoms with E-state index in [0.29, 0.717) is 17.6 Å². The van der Waals surface area contributed by atoms with E-state index in [4.69, 9.17) is 4.52 Å². The molecule has 2 N–H and O–H groups in total. The quantitative estimate of drug-likeness (QED) is 0.703. The molecule has 0 radical (unpaired) electrons. The number of benzene rings is 1. The largest absolute Gasteiger partial charge is 0.360 e. The number of hydrogen-bond donors (Lipinski definition) is 2. The summed E-state index contributed by atoms with van der Waals surface area (Å²) in [5.74, 6) is -4.42. The van der Waals surface area contributed by atoms with Crippen LogP contribution in [0.25, 0.3) is 0 Å². The number of halogens is 3. The first kappa shape index (κ1) is 16.4. The molecule has 0 unspecified atom stereocenters. The van der Waals surface area contributed by atoms with Crippen molar-refractivity contribution in [2.45, 2.75) is 6.92 Å². The standard InChI is InChI=1S/C15H10F3N5O2/c1-7-6-11(23-25-7)22-15-19-5-4-10(21-15)14(24)20-9-3-2-8(16)12(17)13(9)18/h2-6H,1H3,(H,20,24)(H,19,21,22,23). The zero-order valence-electron chi connectivity index (χ0n) is 12.7. The Bertz CT molecular complexity index is 945. The third-order valence-corrected chi connectivity index (χ3v) is 3.04. The van der Waals surface area contributed by atoms with E-state index in [2.05, 4.69) is 25.8 Å². The molecule has 0 atom stereocenters. The van der Waals surface area contributed by atoms with Crippen molar-refractivity contribution >= 4 is 23.4 Å². The summed E-state index contributed by atoms with van der Waals surface area (Å²) in [6.45, 7) is 1.69. The fourth-order valence-electron chi connectivity index (χ4n) is 1.89. The highest BCUT2D eigenvalue weighted by Crippen LogP contribution is 2.20. The first-order valence-corrected chi connectivity index (χ1v) is 6.92. The minimum Gasteiger partial charge on any atom is -0.360 e. The number of aryl methyl sites for hydroxylation is 1. The first-order chi connectivity index (χ1) is 11.9. The van der Waals surface area contributed by atoms with Crippen LogP contribution < -0.4 is 10.6 Å². The summed E-state index contributed by atoms with van der Waals surface area (Å²) in [5, 5.41) is 8.53. The van der Waals surface area contributed by atoms with Crippen LogP contribution in [-0.4, -0.2) is 21.0 Å². The number of nitrogens with one attached hydrogen (secondary N) is 2. The van der Waals surface area contributed by atoms with Gasteiger partial charge in [0, 0.05) is 12.3 Å². The fourth-order valence-corrected chi connectivity index (χ4v) is 1.89. The van der Waals surface area contributed by atoms with Gasteiger partial charge in [-0.15, -0.1) is 0 Å². The van der Waals surface area contributed by atoms with Gasteiger partial charge < -0.3 is 15.2 Å². The highest BCUT2D eigenvalue weighted by molar-refractivity contribution is 6.03. The molecule has 10 heteroatoms. The maximum absolute atomic E-state index is 13.6. The minimum atomic E-state index is -1.68. The smallest absolute Gasteiger partial charge is 0.274 e. The van der Waals surface area contributed by atoms with Crippen LogP contribution in [0.15, 0.2) is 35.0 Å². The number of hydrogen-bond acceptors (Lipinski definition) is 6. The second kappa shape index (κ2) is 6.59. The molecule has 0 saturated carbocycles. The topological polar surface area (TPSA) is 92.9 Å².